The van der Waals surface area contributed by atoms with Crippen LogP contribution in [-0.2, 0) is 14.3 Å². The number of nitrogens with zero attached hydrogens (tertiary/aromatic N) is 1. The van der Waals surface area contributed by atoms with Crippen LogP contribution in [0.4, 0.5) is 0 Å². The molecule has 0 unspecified atom stereocenters. The topological polar surface area (TPSA) is 67.2 Å². The van der Waals surface area contributed by atoms with E-state index >= 15 is 0 Å². The fourth-order valence-corrected chi connectivity index (χ4v) is 3.21. The predicted molar refractivity (Wildman–Crippen MR) is 80.3 cm³/mol. The van der Waals surface area contributed by atoms with Crippen molar-refractivity contribution in [1.82, 2.24) is 0 Å². The number of hydrogen-bond donors (Lipinski definition) is 0. The third-order valence-corrected chi connectivity index (χ3v) is 4.45. The molecule has 0 radical (unpaired) electrons. The Labute approximate surface area is 131 Å². The average molecular weight is 348 g/mol. The van der Waals surface area contributed by atoms with Gasteiger partial charge in [0.1, 0.15) is 6.29 Å². The number of nitriles is 1. The maximum atomic E-state index is 12.2. The lowest BCUT2D eigenvalue weighted by Gasteiger charge is -2.27. The number of hydrogen-bond acceptors (Lipinski definition) is 4. The summed E-state index contributed by atoms with van der Waals surface area (Å²) in [7, 11) is 1.26. The lowest BCUT2D eigenvalue weighted by molar-refractivity contribution is -0.149. The summed E-state index contributed by atoms with van der Waals surface area (Å²) in [4.78, 5) is 23.7. The first-order chi connectivity index (χ1) is 10.00. The SMILES string of the molecule is COC(=O)[C@]1(C#N)CC(C)=C(C=O)[C@H]1c1ccc(Br)cc1. The predicted octanol–water partition coefficient (Wildman–Crippen LogP) is 3.13. The van der Waals surface area contributed by atoms with Crippen LogP contribution in [0.5, 0.6) is 0 Å². The fourth-order valence-electron chi connectivity index (χ4n) is 2.94. The van der Waals surface area contributed by atoms with Crippen LogP contribution in [0.2, 0.25) is 0 Å². The number of carbonyl (C=O) groups excluding carboxylic acids is 2. The van der Waals surface area contributed by atoms with Gasteiger partial charge in [-0.05, 0) is 31.0 Å². The maximum absolute atomic E-state index is 12.2. The lowest BCUT2D eigenvalue weighted by Crippen LogP contribution is -2.35. The van der Waals surface area contributed by atoms with E-state index in [-0.39, 0.29) is 6.42 Å². The molecule has 0 spiro atoms. The van der Waals surface area contributed by atoms with E-state index in [1.807, 2.05) is 24.3 Å². The summed E-state index contributed by atoms with van der Waals surface area (Å²) < 4.78 is 5.72. The Morgan fingerprint density at radius 1 is 1.48 bits per heavy atom. The van der Waals surface area contributed by atoms with Crippen molar-refractivity contribution in [1.29, 1.82) is 5.26 Å². The molecule has 1 aromatic carbocycles. The largest absolute Gasteiger partial charge is 0.468 e. The first kappa shape index (κ1) is 15.5. The van der Waals surface area contributed by atoms with Crippen LogP contribution in [0.1, 0.15) is 24.8 Å². The highest BCUT2D eigenvalue weighted by molar-refractivity contribution is 9.10. The monoisotopic (exact) mass is 347 g/mol. The molecule has 0 heterocycles. The van der Waals surface area contributed by atoms with Gasteiger partial charge in [0.2, 0.25) is 0 Å². The maximum Gasteiger partial charge on any atom is 0.327 e. The van der Waals surface area contributed by atoms with E-state index in [2.05, 4.69) is 22.0 Å². The van der Waals surface area contributed by atoms with Gasteiger partial charge in [-0.1, -0.05) is 33.6 Å². The summed E-state index contributed by atoms with van der Waals surface area (Å²) in [6.45, 7) is 1.78. The highest BCUT2D eigenvalue weighted by Gasteiger charge is 2.54. The van der Waals surface area contributed by atoms with Gasteiger partial charge < -0.3 is 4.74 Å². The molecule has 21 heavy (non-hydrogen) atoms. The van der Waals surface area contributed by atoms with E-state index < -0.39 is 17.3 Å². The van der Waals surface area contributed by atoms with Crippen molar-refractivity contribution in [2.24, 2.45) is 5.41 Å². The average Bonchev–Trinajstić information content (AvgIpc) is 2.80. The molecule has 1 aliphatic rings. The summed E-state index contributed by atoms with van der Waals surface area (Å²) in [6.07, 6.45) is 0.953. The third kappa shape index (κ3) is 2.40. The summed E-state index contributed by atoms with van der Waals surface area (Å²) in [6, 6.07) is 9.37. The van der Waals surface area contributed by atoms with Gasteiger partial charge in [-0.3, -0.25) is 9.59 Å². The van der Waals surface area contributed by atoms with Crippen molar-refractivity contribution in [3.8, 4) is 6.07 Å². The molecule has 0 bridgehead atoms. The first-order valence-electron chi connectivity index (χ1n) is 6.40. The number of rotatable bonds is 3. The molecule has 0 aromatic heterocycles. The summed E-state index contributed by atoms with van der Waals surface area (Å²) in [5.41, 5.74) is 0.626. The number of esters is 1. The van der Waals surface area contributed by atoms with Crippen LogP contribution < -0.4 is 0 Å². The molecule has 4 nitrogen and oxygen atoms in total. The van der Waals surface area contributed by atoms with Crippen molar-refractivity contribution >= 4 is 28.2 Å². The minimum Gasteiger partial charge on any atom is -0.468 e. The second-order valence-electron chi connectivity index (χ2n) is 5.09. The zero-order valence-electron chi connectivity index (χ0n) is 11.7. The molecular formula is C16H14BrNO3. The zero-order chi connectivity index (χ0) is 15.6. The van der Waals surface area contributed by atoms with Gasteiger partial charge in [-0.15, -0.1) is 0 Å². The number of aldehydes is 1. The van der Waals surface area contributed by atoms with E-state index in [1.165, 1.54) is 7.11 Å². The molecule has 0 aliphatic heterocycles. The smallest absolute Gasteiger partial charge is 0.327 e. The van der Waals surface area contributed by atoms with Crippen LogP contribution in [0.15, 0.2) is 39.9 Å². The molecular weight excluding hydrogens is 334 g/mol. The van der Waals surface area contributed by atoms with Crippen LogP contribution in [0.25, 0.3) is 0 Å². The molecule has 108 valence electrons. The van der Waals surface area contributed by atoms with Crippen molar-refractivity contribution in [3.63, 3.8) is 0 Å². The molecule has 5 heteroatoms. The molecule has 0 saturated heterocycles. The minimum absolute atomic E-state index is 0.213. The van der Waals surface area contributed by atoms with Gasteiger partial charge in [0.05, 0.1) is 13.2 Å². The minimum atomic E-state index is -1.37. The first-order valence-corrected chi connectivity index (χ1v) is 7.19. The third-order valence-electron chi connectivity index (χ3n) is 3.92. The molecule has 2 atom stereocenters. The molecule has 0 saturated carbocycles. The van der Waals surface area contributed by atoms with Gasteiger partial charge in [0.25, 0.3) is 0 Å². The Hall–Kier alpha value is -1.93. The Morgan fingerprint density at radius 3 is 2.57 bits per heavy atom. The second-order valence-corrected chi connectivity index (χ2v) is 6.01. The van der Waals surface area contributed by atoms with Crippen LogP contribution in [-0.4, -0.2) is 19.4 Å². The Kier molecular flexibility index (Phi) is 4.29. The molecule has 1 aromatic rings. The number of allylic oxidation sites excluding steroid dienone is 2. The van der Waals surface area contributed by atoms with Gasteiger partial charge in [0, 0.05) is 16.0 Å². The van der Waals surface area contributed by atoms with Crippen molar-refractivity contribution in [2.45, 2.75) is 19.3 Å². The van der Waals surface area contributed by atoms with Crippen LogP contribution in [0, 0.1) is 16.7 Å². The van der Waals surface area contributed by atoms with E-state index in [9.17, 15) is 14.9 Å². The van der Waals surface area contributed by atoms with E-state index in [0.29, 0.717) is 5.57 Å². The van der Waals surface area contributed by atoms with Crippen LogP contribution in [0.3, 0.4) is 0 Å². The van der Waals surface area contributed by atoms with Crippen molar-refractivity contribution in [3.05, 3.63) is 45.4 Å². The van der Waals surface area contributed by atoms with E-state index in [4.69, 9.17) is 4.74 Å². The van der Waals surface area contributed by atoms with Gasteiger partial charge in [-0.25, -0.2) is 0 Å². The van der Waals surface area contributed by atoms with Crippen LogP contribution >= 0.6 is 15.9 Å². The molecule has 0 amide bonds. The number of halogens is 1. The lowest BCUT2D eigenvalue weighted by atomic mass is 9.72. The van der Waals surface area contributed by atoms with Crippen molar-refractivity contribution < 1.29 is 14.3 Å². The van der Waals surface area contributed by atoms with Crippen molar-refractivity contribution in [2.75, 3.05) is 7.11 Å². The standard InChI is InChI=1S/C16H14BrNO3/c1-10-7-16(9-18,15(20)21-2)14(13(10)8-19)11-3-5-12(17)6-4-11/h3-6,8,14H,7H2,1-2H3/t14-,16+/m1/s1. The number of carbonyl (C=O) groups is 2. The molecule has 0 fully saturated rings. The molecule has 0 N–H and O–H groups in total. The fraction of sp³-hybridized carbons (Fsp3) is 0.312. The number of ether oxygens (including phenoxy) is 1. The summed E-state index contributed by atoms with van der Waals surface area (Å²) in [5, 5.41) is 9.63. The summed E-state index contributed by atoms with van der Waals surface area (Å²) >= 11 is 3.35. The molecule has 2 rings (SSSR count). The van der Waals surface area contributed by atoms with E-state index in [0.717, 1.165) is 21.9 Å². The van der Waals surface area contributed by atoms with Gasteiger partial charge in [-0.2, -0.15) is 5.26 Å². The normalized spacial score (nSPS) is 24.6. The Morgan fingerprint density at radius 2 is 2.10 bits per heavy atom. The Bertz CT molecular complexity index is 657. The number of benzene rings is 1. The summed E-state index contributed by atoms with van der Waals surface area (Å²) in [5.74, 6) is -1.20. The molecule has 1 aliphatic carbocycles. The van der Waals surface area contributed by atoms with E-state index in [1.54, 1.807) is 6.92 Å². The zero-order valence-corrected chi connectivity index (χ0v) is 13.3. The van der Waals surface area contributed by atoms with Gasteiger partial charge >= 0.3 is 5.97 Å². The Balaban J connectivity index is 2.64. The number of methoxy groups -OCH3 is 1. The highest BCUT2D eigenvalue weighted by atomic mass is 79.9. The highest BCUT2D eigenvalue weighted by Crippen LogP contribution is 2.52. The quantitative estimate of drug-likeness (QED) is 0.622. The van der Waals surface area contributed by atoms with Gasteiger partial charge in [0.15, 0.2) is 5.41 Å². The second kappa shape index (κ2) is 5.82.